The highest BCUT2D eigenvalue weighted by molar-refractivity contribution is 5.41. The number of benzene rings is 1. The highest BCUT2D eigenvalue weighted by atomic mass is 14.9. The second-order valence-electron chi connectivity index (χ2n) is 6.14. The van der Waals surface area contributed by atoms with Gasteiger partial charge in [0.1, 0.15) is 0 Å². The van der Waals surface area contributed by atoms with Crippen molar-refractivity contribution in [3.8, 4) is 0 Å². The van der Waals surface area contributed by atoms with E-state index in [4.69, 9.17) is 0 Å². The minimum Gasteiger partial charge on any atom is -0.316 e. The van der Waals surface area contributed by atoms with Gasteiger partial charge in [0, 0.05) is 12.0 Å². The molecular formula is C17H25N. The zero-order chi connectivity index (χ0) is 12.4. The van der Waals surface area contributed by atoms with Crippen molar-refractivity contribution in [1.82, 2.24) is 5.32 Å². The fourth-order valence-electron chi connectivity index (χ4n) is 4.23. The molecule has 0 radical (unpaired) electrons. The van der Waals surface area contributed by atoms with Crippen LogP contribution in [-0.4, -0.2) is 13.1 Å². The van der Waals surface area contributed by atoms with Crippen molar-refractivity contribution < 1.29 is 0 Å². The summed E-state index contributed by atoms with van der Waals surface area (Å²) in [6, 6.07) is 9.20. The maximum Gasteiger partial charge on any atom is 0.0112 e. The molecule has 1 fully saturated rings. The smallest absolute Gasteiger partial charge is 0.0112 e. The molecule has 18 heavy (non-hydrogen) atoms. The van der Waals surface area contributed by atoms with Gasteiger partial charge < -0.3 is 5.32 Å². The van der Waals surface area contributed by atoms with Gasteiger partial charge in [0.15, 0.2) is 0 Å². The molecular weight excluding hydrogens is 218 g/mol. The SMILES string of the molecule is CCCNCC12CCCCC1Cc1ccccc12. The largest absolute Gasteiger partial charge is 0.316 e. The Bertz CT molecular complexity index is 412. The lowest BCUT2D eigenvalue weighted by Crippen LogP contribution is -2.44. The molecule has 2 unspecified atom stereocenters. The van der Waals surface area contributed by atoms with Gasteiger partial charge in [-0.05, 0) is 49.3 Å². The molecule has 1 heteroatoms. The van der Waals surface area contributed by atoms with E-state index in [2.05, 4.69) is 36.5 Å². The van der Waals surface area contributed by atoms with Crippen LogP contribution >= 0.6 is 0 Å². The second kappa shape index (κ2) is 5.05. The van der Waals surface area contributed by atoms with E-state index in [1.807, 2.05) is 0 Å². The van der Waals surface area contributed by atoms with Gasteiger partial charge in [0.05, 0.1) is 0 Å². The van der Waals surface area contributed by atoms with Crippen molar-refractivity contribution in [3.63, 3.8) is 0 Å². The van der Waals surface area contributed by atoms with Crippen LogP contribution in [-0.2, 0) is 11.8 Å². The first-order valence-electron chi connectivity index (χ1n) is 7.66. The summed E-state index contributed by atoms with van der Waals surface area (Å²) in [6.07, 6.45) is 8.24. The van der Waals surface area contributed by atoms with Crippen LogP contribution in [0.15, 0.2) is 24.3 Å². The average molecular weight is 243 g/mol. The minimum absolute atomic E-state index is 0.462. The van der Waals surface area contributed by atoms with Crippen LogP contribution in [0, 0.1) is 5.92 Å². The fraction of sp³-hybridized carbons (Fsp3) is 0.647. The molecule has 1 aromatic carbocycles. The van der Waals surface area contributed by atoms with Crippen LogP contribution in [0.3, 0.4) is 0 Å². The molecule has 0 aromatic heterocycles. The number of rotatable bonds is 4. The van der Waals surface area contributed by atoms with Gasteiger partial charge in [0.25, 0.3) is 0 Å². The lowest BCUT2D eigenvalue weighted by molar-refractivity contribution is 0.198. The first-order valence-corrected chi connectivity index (χ1v) is 7.66. The van der Waals surface area contributed by atoms with E-state index in [0.29, 0.717) is 5.41 Å². The first-order chi connectivity index (χ1) is 8.87. The molecule has 1 nitrogen and oxygen atoms in total. The molecule has 0 aliphatic heterocycles. The van der Waals surface area contributed by atoms with Crippen LogP contribution in [0.1, 0.15) is 50.2 Å². The predicted octanol–water partition coefficient (Wildman–Crippen LogP) is 3.67. The lowest BCUT2D eigenvalue weighted by atomic mass is 9.66. The normalized spacial score (nSPS) is 29.9. The van der Waals surface area contributed by atoms with Gasteiger partial charge in [0.2, 0.25) is 0 Å². The summed E-state index contributed by atoms with van der Waals surface area (Å²) in [5, 5.41) is 3.71. The van der Waals surface area contributed by atoms with E-state index in [1.165, 1.54) is 45.1 Å². The number of nitrogens with one attached hydrogen (secondary N) is 1. The molecule has 2 atom stereocenters. The third-order valence-electron chi connectivity index (χ3n) is 5.09. The Hall–Kier alpha value is -0.820. The van der Waals surface area contributed by atoms with Crippen LogP contribution in [0.5, 0.6) is 0 Å². The Morgan fingerprint density at radius 3 is 3.06 bits per heavy atom. The zero-order valence-corrected chi connectivity index (χ0v) is 11.5. The fourth-order valence-corrected chi connectivity index (χ4v) is 4.23. The van der Waals surface area contributed by atoms with E-state index in [9.17, 15) is 0 Å². The highest BCUT2D eigenvalue weighted by Crippen LogP contribution is 2.51. The van der Waals surface area contributed by atoms with Gasteiger partial charge in [-0.2, -0.15) is 0 Å². The molecule has 0 saturated heterocycles. The molecule has 1 N–H and O–H groups in total. The maximum absolute atomic E-state index is 3.71. The number of fused-ring (bicyclic) bond motifs is 3. The zero-order valence-electron chi connectivity index (χ0n) is 11.5. The van der Waals surface area contributed by atoms with Crippen molar-refractivity contribution >= 4 is 0 Å². The molecule has 1 aromatic rings. The summed E-state index contributed by atoms with van der Waals surface area (Å²) in [5.74, 6) is 0.896. The molecule has 0 heterocycles. The molecule has 3 rings (SSSR count). The maximum atomic E-state index is 3.71. The van der Waals surface area contributed by atoms with Gasteiger partial charge in [-0.3, -0.25) is 0 Å². The molecule has 1 saturated carbocycles. The standard InChI is InChI=1S/C17H25N/c1-2-11-18-13-17-10-6-5-8-15(17)12-14-7-3-4-9-16(14)17/h3-4,7,9,15,18H,2,5-6,8,10-13H2,1H3. The number of hydrogen-bond donors (Lipinski definition) is 1. The summed E-state index contributed by atoms with van der Waals surface area (Å²) in [5.41, 5.74) is 3.75. The topological polar surface area (TPSA) is 12.0 Å². The quantitative estimate of drug-likeness (QED) is 0.796. The average Bonchev–Trinajstić information content (AvgIpc) is 2.74. The van der Waals surface area contributed by atoms with Crippen LogP contribution in [0.4, 0.5) is 0 Å². The van der Waals surface area contributed by atoms with Crippen LogP contribution in [0.25, 0.3) is 0 Å². The molecule has 2 aliphatic rings. The van der Waals surface area contributed by atoms with E-state index in [-0.39, 0.29) is 0 Å². The molecule has 98 valence electrons. The third kappa shape index (κ3) is 1.89. The Kier molecular flexibility index (Phi) is 3.43. The predicted molar refractivity (Wildman–Crippen MR) is 76.9 cm³/mol. The lowest BCUT2D eigenvalue weighted by Gasteiger charge is -2.41. The van der Waals surface area contributed by atoms with Crippen molar-refractivity contribution in [2.45, 2.75) is 50.9 Å². The Labute approximate surface area is 111 Å². The summed E-state index contributed by atoms with van der Waals surface area (Å²) in [4.78, 5) is 0. The Balaban J connectivity index is 1.90. The highest BCUT2D eigenvalue weighted by Gasteiger charge is 2.46. The summed E-state index contributed by atoms with van der Waals surface area (Å²) >= 11 is 0. The molecule has 0 spiro atoms. The van der Waals surface area contributed by atoms with Crippen molar-refractivity contribution in [2.24, 2.45) is 5.92 Å². The third-order valence-corrected chi connectivity index (χ3v) is 5.09. The van der Waals surface area contributed by atoms with E-state index < -0.39 is 0 Å². The van der Waals surface area contributed by atoms with Crippen molar-refractivity contribution in [3.05, 3.63) is 35.4 Å². The van der Waals surface area contributed by atoms with E-state index in [0.717, 1.165) is 12.5 Å². The summed E-state index contributed by atoms with van der Waals surface area (Å²) in [6.45, 7) is 4.62. The second-order valence-corrected chi connectivity index (χ2v) is 6.14. The summed E-state index contributed by atoms with van der Waals surface area (Å²) in [7, 11) is 0. The van der Waals surface area contributed by atoms with E-state index >= 15 is 0 Å². The molecule has 0 amide bonds. The van der Waals surface area contributed by atoms with Crippen molar-refractivity contribution in [1.29, 1.82) is 0 Å². The Morgan fingerprint density at radius 1 is 1.28 bits per heavy atom. The van der Waals surface area contributed by atoms with Gasteiger partial charge in [-0.15, -0.1) is 0 Å². The van der Waals surface area contributed by atoms with Gasteiger partial charge in [-0.25, -0.2) is 0 Å². The van der Waals surface area contributed by atoms with Crippen LogP contribution in [0.2, 0.25) is 0 Å². The molecule has 0 bridgehead atoms. The monoisotopic (exact) mass is 243 g/mol. The van der Waals surface area contributed by atoms with Crippen molar-refractivity contribution in [2.75, 3.05) is 13.1 Å². The molecule has 2 aliphatic carbocycles. The number of hydrogen-bond acceptors (Lipinski definition) is 1. The van der Waals surface area contributed by atoms with E-state index in [1.54, 1.807) is 11.1 Å². The first kappa shape index (κ1) is 12.2. The van der Waals surface area contributed by atoms with Gasteiger partial charge in [-0.1, -0.05) is 44.0 Å². The van der Waals surface area contributed by atoms with Gasteiger partial charge >= 0.3 is 0 Å². The summed E-state index contributed by atoms with van der Waals surface area (Å²) < 4.78 is 0. The minimum atomic E-state index is 0.462. The Morgan fingerprint density at radius 2 is 2.17 bits per heavy atom. The van der Waals surface area contributed by atoms with Crippen LogP contribution < -0.4 is 5.32 Å².